The average Bonchev–Trinajstić information content (AvgIpc) is 3.24. The maximum atomic E-state index is 12.5. The van der Waals surface area contributed by atoms with Crippen molar-refractivity contribution < 1.29 is 24.1 Å². The Bertz CT molecular complexity index is 1290. The van der Waals surface area contributed by atoms with Gasteiger partial charge in [-0.2, -0.15) is 5.10 Å². The van der Waals surface area contributed by atoms with E-state index in [1.807, 2.05) is 43.8 Å². The van der Waals surface area contributed by atoms with Crippen molar-refractivity contribution in [2.45, 2.75) is 76.9 Å². The molecule has 2 aliphatic rings. The van der Waals surface area contributed by atoms with Gasteiger partial charge in [-0.15, -0.1) is 0 Å². The van der Waals surface area contributed by atoms with Gasteiger partial charge >= 0.3 is 6.09 Å². The number of aromatic nitrogens is 2. The quantitative estimate of drug-likeness (QED) is 0.405. The predicted molar refractivity (Wildman–Crippen MR) is 142 cm³/mol. The lowest BCUT2D eigenvalue weighted by molar-refractivity contribution is -0.0366. The summed E-state index contributed by atoms with van der Waals surface area (Å²) in [6.07, 6.45) is 5.80. The highest BCUT2D eigenvalue weighted by Crippen LogP contribution is 2.40. The zero-order chi connectivity index (χ0) is 26.3. The normalized spacial score (nSPS) is 21.9. The molecule has 0 radical (unpaired) electrons. The zero-order valence-electron chi connectivity index (χ0n) is 21.7. The van der Waals surface area contributed by atoms with Crippen molar-refractivity contribution in [1.29, 1.82) is 0 Å². The van der Waals surface area contributed by atoms with Gasteiger partial charge in [-0.25, -0.2) is 9.48 Å². The van der Waals surface area contributed by atoms with Crippen molar-refractivity contribution in [1.82, 2.24) is 14.7 Å². The standard InChI is InChI=1S/C28H34ClN3O5/c1-28(2,3)37-27(34)31(4)18-13-20(14-18)36-25-12-17(21-9-8-19(33)15-23(21)29)11-24-22(25)16-30-32(24)26-7-5-6-10-35-26/h8-9,11-12,15-16,18,20,26,33H,5-7,10,13-14H2,1-4H3/t18-,20-,26?. The van der Waals surface area contributed by atoms with E-state index in [-0.39, 0.29) is 30.2 Å². The van der Waals surface area contributed by atoms with Crippen LogP contribution in [0.5, 0.6) is 11.5 Å². The van der Waals surface area contributed by atoms with E-state index in [9.17, 15) is 9.90 Å². The number of nitrogens with zero attached hydrogens (tertiary/aromatic N) is 3. The van der Waals surface area contributed by atoms with E-state index in [4.69, 9.17) is 25.8 Å². The van der Waals surface area contributed by atoms with E-state index in [1.54, 1.807) is 24.1 Å². The van der Waals surface area contributed by atoms with E-state index in [0.29, 0.717) is 30.2 Å². The Labute approximate surface area is 222 Å². The molecule has 8 nitrogen and oxygen atoms in total. The first-order valence-corrected chi connectivity index (χ1v) is 13.2. The molecule has 1 saturated carbocycles. The number of halogens is 1. The molecular formula is C28H34ClN3O5. The minimum atomic E-state index is -0.533. The van der Waals surface area contributed by atoms with E-state index in [2.05, 4.69) is 5.10 Å². The van der Waals surface area contributed by atoms with Crippen LogP contribution in [-0.4, -0.2) is 57.3 Å². The maximum Gasteiger partial charge on any atom is 0.410 e. The van der Waals surface area contributed by atoms with Crippen LogP contribution in [0, 0.1) is 0 Å². The molecule has 0 spiro atoms. The van der Waals surface area contributed by atoms with Gasteiger partial charge in [-0.3, -0.25) is 0 Å². The Morgan fingerprint density at radius 3 is 2.68 bits per heavy atom. The number of hydrogen-bond donors (Lipinski definition) is 1. The number of phenolic OH excluding ortho intramolecular Hbond substituents is 1. The average molecular weight is 528 g/mol. The molecule has 5 rings (SSSR count). The zero-order valence-corrected chi connectivity index (χ0v) is 22.5. The molecule has 1 aromatic heterocycles. The van der Waals surface area contributed by atoms with Crippen molar-refractivity contribution in [2.75, 3.05) is 13.7 Å². The van der Waals surface area contributed by atoms with Crippen LogP contribution in [0.3, 0.4) is 0 Å². The second-order valence-electron chi connectivity index (χ2n) is 10.9. The van der Waals surface area contributed by atoms with Crippen molar-refractivity contribution in [3.63, 3.8) is 0 Å². The van der Waals surface area contributed by atoms with Crippen molar-refractivity contribution in [3.05, 3.63) is 41.6 Å². The number of benzene rings is 2. The third kappa shape index (κ3) is 5.50. The molecule has 2 aromatic carbocycles. The first-order chi connectivity index (χ1) is 17.6. The number of amides is 1. The Morgan fingerprint density at radius 1 is 1.22 bits per heavy atom. The summed E-state index contributed by atoms with van der Waals surface area (Å²) >= 11 is 6.51. The summed E-state index contributed by atoms with van der Waals surface area (Å²) in [5.74, 6) is 0.823. The third-order valence-corrected chi connectivity index (χ3v) is 7.28. The van der Waals surface area contributed by atoms with E-state index in [1.165, 1.54) is 6.07 Å². The summed E-state index contributed by atoms with van der Waals surface area (Å²) in [7, 11) is 1.77. The van der Waals surface area contributed by atoms with Gasteiger partial charge in [0.25, 0.3) is 0 Å². The summed E-state index contributed by atoms with van der Waals surface area (Å²) in [5.41, 5.74) is 2.03. The lowest BCUT2D eigenvalue weighted by atomic mass is 9.88. The fourth-order valence-electron chi connectivity index (χ4n) is 4.86. The molecule has 1 saturated heterocycles. The molecule has 1 aliphatic carbocycles. The maximum absolute atomic E-state index is 12.5. The molecule has 9 heteroatoms. The highest BCUT2D eigenvalue weighted by atomic mass is 35.5. The van der Waals surface area contributed by atoms with Crippen LogP contribution in [0.25, 0.3) is 22.0 Å². The van der Waals surface area contributed by atoms with Gasteiger partial charge in [-0.1, -0.05) is 11.6 Å². The Hall–Kier alpha value is -2.97. The van der Waals surface area contributed by atoms with Crippen LogP contribution in [-0.2, 0) is 9.47 Å². The number of fused-ring (bicyclic) bond motifs is 1. The summed E-state index contributed by atoms with van der Waals surface area (Å²) < 4.78 is 19.9. The number of carbonyl (C=O) groups excluding carboxylic acids is 1. The van der Waals surface area contributed by atoms with E-state index < -0.39 is 5.60 Å². The highest BCUT2D eigenvalue weighted by molar-refractivity contribution is 6.33. The van der Waals surface area contributed by atoms with Gasteiger partial charge in [0.1, 0.15) is 23.2 Å². The largest absolute Gasteiger partial charge is 0.508 e. The molecule has 3 aromatic rings. The second-order valence-corrected chi connectivity index (χ2v) is 11.3. The molecule has 1 unspecified atom stereocenters. The fourth-order valence-corrected chi connectivity index (χ4v) is 5.15. The summed E-state index contributed by atoms with van der Waals surface area (Å²) in [5, 5.41) is 15.9. The molecule has 1 N–H and O–H groups in total. The molecule has 1 atom stereocenters. The van der Waals surface area contributed by atoms with E-state index in [0.717, 1.165) is 41.3 Å². The smallest absolute Gasteiger partial charge is 0.410 e. The summed E-state index contributed by atoms with van der Waals surface area (Å²) in [6, 6.07) is 9.03. The van der Waals surface area contributed by atoms with Crippen LogP contribution in [0.2, 0.25) is 5.02 Å². The second kappa shape index (κ2) is 10.1. The van der Waals surface area contributed by atoms with Gasteiger partial charge in [-0.05, 0) is 75.9 Å². The Morgan fingerprint density at radius 2 is 2.00 bits per heavy atom. The number of hydrogen-bond acceptors (Lipinski definition) is 6. The fraction of sp³-hybridized carbons (Fsp3) is 0.500. The first-order valence-electron chi connectivity index (χ1n) is 12.8. The molecular weight excluding hydrogens is 494 g/mol. The van der Waals surface area contributed by atoms with Gasteiger partial charge in [0.2, 0.25) is 0 Å². The lowest BCUT2D eigenvalue weighted by Gasteiger charge is -2.41. The minimum absolute atomic E-state index is 0.0436. The molecule has 2 fully saturated rings. The van der Waals surface area contributed by atoms with Crippen LogP contribution in [0.15, 0.2) is 36.5 Å². The van der Waals surface area contributed by atoms with Crippen LogP contribution in [0.1, 0.15) is 59.1 Å². The van der Waals surface area contributed by atoms with Gasteiger partial charge in [0.05, 0.1) is 22.1 Å². The van der Waals surface area contributed by atoms with Gasteiger partial charge < -0.3 is 24.2 Å². The third-order valence-electron chi connectivity index (χ3n) is 6.96. The molecule has 1 aliphatic heterocycles. The number of aromatic hydroxyl groups is 1. The molecule has 2 heterocycles. The Kier molecular flexibility index (Phi) is 6.98. The number of rotatable bonds is 5. The topological polar surface area (TPSA) is 86.0 Å². The van der Waals surface area contributed by atoms with Crippen molar-refractivity contribution >= 4 is 28.6 Å². The number of phenols is 1. The summed E-state index contributed by atoms with van der Waals surface area (Å²) in [6.45, 7) is 6.31. The molecule has 1 amide bonds. The molecule has 198 valence electrons. The van der Waals surface area contributed by atoms with Crippen LogP contribution in [0.4, 0.5) is 4.79 Å². The van der Waals surface area contributed by atoms with Crippen molar-refractivity contribution in [2.24, 2.45) is 0 Å². The molecule has 37 heavy (non-hydrogen) atoms. The Balaban J connectivity index is 1.42. The van der Waals surface area contributed by atoms with Crippen molar-refractivity contribution in [3.8, 4) is 22.6 Å². The SMILES string of the molecule is CN(C(=O)OC(C)(C)C)[C@H]1C[C@H](Oc2cc(-c3ccc(O)cc3Cl)cc3c2cnn3C2CCCCO2)C1. The van der Waals surface area contributed by atoms with E-state index >= 15 is 0 Å². The lowest BCUT2D eigenvalue weighted by Crippen LogP contribution is -2.51. The van der Waals surface area contributed by atoms with Gasteiger partial charge in [0, 0.05) is 38.1 Å². The predicted octanol–water partition coefficient (Wildman–Crippen LogP) is 6.54. The first kappa shape index (κ1) is 25.7. The van der Waals surface area contributed by atoms with Crippen LogP contribution < -0.4 is 4.74 Å². The van der Waals surface area contributed by atoms with Crippen LogP contribution >= 0.6 is 11.6 Å². The molecule has 0 bridgehead atoms. The highest BCUT2D eigenvalue weighted by Gasteiger charge is 2.37. The number of ether oxygens (including phenoxy) is 3. The van der Waals surface area contributed by atoms with Gasteiger partial charge in [0.15, 0.2) is 6.23 Å². The minimum Gasteiger partial charge on any atom is -0.508 e. The monoisotopic (exact) mass is 527 g/mol. The summed E-state index contributed by atoms with van der Waals surface area (Å²) in [4.78, 5) is 14.1. The number of carbonyl (C=O) groups is 1.